The molecule has 0 saturated carbocycles. The van der Waals surface area contributed by atoms with Crippen molar-refractivity contribution in [3.8, 4) is 0 Å². The lowest BCUT2D eigenvalue weighted by Gasteiger charge is -2.35. The van der Waals surface area contributed by atoms with Gasteiger partial charge in [-0.05, 0) is 35.7 Å². The van der Waals surface area contributed by atoms with Gasteiger partial charge in [0.2, 0.25) is 0 Å². The highest BCUT2D eigenvalue weighted by atomic mass is 35.5. The van der Waals surface area contributed by atoms with E-state index < -0.39 is 0 Å². The molecule has 22 heavy (non-hydrogen) atoms. The number of ether oxygens (including phenoxy) is 1. The van der Waals surface area contributed by atoms with Gasteiger partial charge in [-0.3, -0.25) is 0 Å². The Morgan fingerprint density at radius 1 is 1.27 bits per heavy atom. The number of anilines is 1. The summed E-state index contributed by atoms with van der Waals surface area (Å²) in [6.07, 6.45) is 2.99. The van der Waals surface area contributed by atoms with Gasteiger partial charge in [-0.15, -0.1) is 6.58 Å². The first kappa shape index (κ1) is 13.9. The lowest BCUT2D eigenvalue weighted by molar-refractivity contribution is 0.103. The summed E-state index contributed by atoms with van der Waals surface area (Å²) >= 11 is 6.28. The molecule has 2 aliphatic rings. The van der Waals surface area contributed by atoms with Gasteiger partial charge in [0, 0.05) is 16.6 Å². The van der Waals surface area contributed by atoms with Crippen LogP contribution in [0.25, 0.3) is 0 Å². The van der Waals surface area contributed by atoms with Gasteiger partial charge in [0.05, 0.1) is 12.0 Å². The van der Waals surface area contributed by atoms with E-state index in [0.717, 1.165) is 23.7 Å². The van der Waals surface area contributed by atoms with Crippen LogP contribution in [0.4, 0.5) is 5.69 Å². The average Bonchev–Trinajstić information content (AvgIpc) is 3.06. The molecule has 1 fully saturated rings. The second-order valence-electron chi connectivity index (χ2n) is 6.00. The zero-order chi connectivity index (χ0) is 15.2. The highest BCUT2D eigenvalue weighted by Gasteiger charge is 2.55. The van der Waals surface area contributed by atoms with Gasteiger partial charge < -0.3 is 10.1 Å². The summed E-state index contributed by atoms with van der Waals surface area (Å²) in [6.45, 7) is 4.87. The number of fused-ring (bicyclic) bond motifs is 3. The molecule has 0 radical (unpaired) electrons. The zero-order valence-corrected chi connectivity index (χ0v) is 13.0. The third-order valence-corrected chi connectivity index (χ3v) is 5.22. The maximum absolute atomic E-state index is 6.28. The van der Waals surface area contributed by atoms with E-state index in [1.807, 2.05) is 18.2 Å². The van der Waals surface area contributed by atoms with Crippen LogP contribution >= 0.6 is 11.6 Å². The van der Waals surface area contributed by atoms with E-state index in [1.165, 1.54) is 11.1 Å². The van der Waals surface area contributed by atoms with Crippen molar-refractivity contribution in [2.24, 2.45) is 0 Å². The first-order chi connectivity index (χ1) is 10.8. The highest BCUT2D eigenvalue weighted by molar-refractivity contribution is 6.30. The number of nitrogens with one attached hydrogen (secondary N) is 1. The third kappa shape index (κ3) is 1.84. The fourth-order valence-electron chi connectivity index (χ4n) is 4.03. The molecule has 3 atom stereocenters. The number of halogens is 1. The Hall–Kier alpha value is -1.77. The second-order valence-corrected chi connectivity index (χ2v) is 6.44. The van der Waals surface area contributed by atoms with Crippen molar-refractivity contribution >= 4 is 17.3 Å². The normalized spacial score (nSPS) is 26.9. The quantitative estimate of drug-likeness (QED) is 0.828. The molecule has 2 aliphatic heterocycles. The molecule has 0 aliphatic carbocycles. The summed E-state index contributed by atoms with van der Waals surface area (Å²) < 4.78 is 6.00. The largest absolute Gasteiger partial charge is 0.359 e. The third-order valence-electron chi connectivity index (χ3n) is 4.99. The van der Waals surface area contributed by atoms with E-state index in [2.05, 4.69) is 48.3 Å². The topological polar surface area (TPSA) is 21.3 Å². The van der Waals surface area contributed by atoms with Crippen LogP contribution in [0.2, 0.25) is 5.02 Å². The monoisotopic (exact) mass is 311 g/mol. The molecule has 0 unspecified atom stereocenters. The van der Waals surface area contributed by atoms with Crippen LogP contribution in [0.3, 0.4) is 0 Å². The van der Waals surface area contributed by atoms with Crippen LogP contribution in [0.5, 0.6) is 0 Å². The molecular weight excluding hydrogens is 294 g/mol. The summed E-state index contributed by atoms with van der Waals surface area (Å²) in [5.41, 5.74) is 3.50. The maximum Gasteiger partial charge on any atom is 0.138 e. The van der Waals surface area contributed by atoms with Gasteiger partial charge in [-0.25, -0.2) is 0 Å². The Balaban J connectivity index is 1.91. The summed E-state index contributed by atoms with van der Waals surface area (Å²) in [6, 6.07) is 16.6. The van der Waals surface area contributed by atoms with Gasteiger partial charge in [0.1, 0.15) is 6.23 Å². The van der Waals surface area contributed by atoms with E-state index in [0.29, 0.717) is 0 Å². The summed E-state index contributed by atoms with van der Waals surface area (Å²) in [4.78, 5) is 0. The molecule has 1 saturated heterocycles. The van der Waals surface area contributed by atoms with Crippen LogP contribution in [-0.2, 0) is 10.2 Å². The van der Waals surface area contributed by atoms with E-state index in [1.54, 1.807) is 0 Å². The van der Waals surface area contributed by atoms with Crippen LogP contribution in [0, 0.1) is 0 Å². The number of rotatable bonds is 3. The van der Waals surface area contributed by atoms with Gasteiger partial charge in [-0.1, -0.05) is 48.0 Å². The molecule has 1 N–H and O–H groups in total. The first-order valence-corrected chi connectivity index (χ1v) is 7.99. The van der Waals surface area contributed by atoms with Gasteiger partial charge in [0.15, 0.2) is 0 Å². The molecule has 4 rings (SSSR count). The molecule has 2 nitrogen and oxygen atoms in total. The Morgan fingerprint density at radius 2 is 2.09 bits per heavy atom. The minimum atomic E-state index is -0.136. The first-order valence-electron chi connectivity index (χ1n) is 7.61. The predicted molar refractivity (Wildman–Crippen MR) is 90.5 cm³/mol. The zero-order valence-electron chi connectivity index (χ0n) is 12.3. The average molecular weight is 312 g/mol. The Bertz CT molecular complexity index is 715. The fourth-order valence-corrected chi connectivity index (χ4v) is 4.20. The van der Waals surface area contributed by atoms with Gasteiger partial charge >= 0.3 is 0 Å². The lowest BCUT2D eigenvalue weighted by Crippen LogP contribution is -2.39. The molecule has 0 aromatic heterocycles. The molecule has 0 amide bonds. The molecule has 2 aromatic carbocycles. The van der Waals surface area contributed by atoms with Crippen molar-refractivity contribution in [3.63, 3.8) is 0 Å². The lowest BCUT2D eigenvalue weighted by atomic mass is 9.67. The Labute approximate surface area is 135 Å². The highest BCUT2D eigenvalue weighted by Crippen LogP contribution is 2.56. The summed E-state index contributed by atoms with van der Waals surface area (Å²) in [7, 11) is 0. The van der Waals surface area contributed by atoms with Crippen LogP contribution in [0.15, 0.2) is 61.2 Å². The Morgan fingerprint density at radius 3 is 2.86 bits per heavy atom. The van der Waals surface area contributed by atoms with Crippen molar-refractivity contribution < 1.29 is 4.74 Å². The fraction of sp³-hybridized carbons (Fsp3) is 0.263. The van der Waals surface area contributed by atoms with E-state index in [-0.39, 0.29) is 17.6 Å². The number of hydrogen-bond donors (Lipinski definition) is 1. The van der Waals surface area contributed by atoms with E-state index in [9.17, 15) is 0 Å². The van der Waals surface area contributed by atoms with Crippen LogP contribution < -0.4 is 5.32 Å². The SMILES string of the molecule is C=C[C@@H](c1ccccc1)[C@@]12CCO[C@@H]1Nc1ccc(Cl)cc12. The predicted octanol–water partition coefficient (Wildman–Crippen LogP) is 4.72. The van der Waals surface area contributed by atoms with Crippen LogP contribution in [0.1, 0.15) is 23.5 Å². The van der Waals surface area contributed by atoms with E-state index in [4.69, 9.17) is 16.3 Å². The summed E-state index contributed by atoms with van der Waals surface area (Å²) in [5, 5.41) is 4.29. The van der Waals surface area contributed by atoms with Crippen molar-refractivity contribution in [3.05, 3.63) is 77.3 Å². The number of allylic oxidation sites excluding steroid dienone is 1. The molecule has 0 bridgehead atoms. The van der Waals surface area contributed by atoms with Gasteiger partial charge in [-0.2, -0.15) is 0 Å². The standard InChI is InChI=1S/C19H18ClNO/c1-2-15(13-6-4-3-5-7-13)19-10-11-22-18(19)21-17-9-8-14(20)12-16(17)19/h2-9,12,15,18,21H,1,10-11H2/t15-,18-,19+/m0/s1. The van der Waals surface area contributed by atoms with Crippen LogP contribution in [-0.4, -0.2) is 12.8 Å². The van der Waals surface area contributed by atoms with Gasteiger partial charge in [0.25, 0.3) is 0 Å². The number of hydrogen-bond acceptors (Lipinski definition) is 2. The van der Waals surface area contributed by atoms with Crippen molar-refractivity contribution in [1.82, 2.24) is 0 Å². The molecule has 3 heteroatoms. The van der Waals surface area contributed by atoms with Crippen molar-refractivity contribution in [2.75, 3.05) is 11.9 Å². The molecular formula is C19H18ClNO. The minimum absolute atomic E-state index is 0.0239. The molecule has 2 heterocycles. The van der Waals surface area contributed by atoms with E-state index >= 15 is 0 Å². The molecule has 0 spiro atoms. The smallest absolute Gasteiger partial charge is 0.138 e. The van der Waals surface area contributed by atoms with Crippen molar-refractivity contribution in [2.45, 2.75) is 24.0 Å². The number of benzene rings is 2. The maximum atomic E-state index is 6.28. The second kappa shape index (κ2) is 5.15. The minimum Gasteiger partial charge on any atom is -0.359 e. The molecule has 112 valence electrons. The summed E-state index contributed by atoms with van der Waals surface area (Å²) in [5.74, 6) is 0.188. The molecule has 2 aromatic rings. The Kier molecular flexibility index (Phi) is 3.24. The van der Waals surface area contributed by atoms with Crippen molar-refractivity contribution in [1.29, 1.82) is 0 Å².